The lowest BCUT2D eigenvalue weighted by molar-refractivity contribution is -0.154. The Morgan fingerprint density at radius 3 is 2.41 bits per heavy atom. The van der Waals surface area contributed by atoms with E-state index in [1.165, 1.54) is 5.56 Å². The van der Waals surface area contributed by atoms with Gasteiger partial charge in [0.25, 0.3) is 5.91 Å². The number of rotatable bonds is 8. The number of hydrogen-bond acceptors (Lipinski definition) is 4. The van der Waals surface area contributed by atoms with Crippen LogP contribution in [0.3, 0.4) is 0 Å². The maximum absolute atomic E-state index is 12.0. The molecule has 0 radical (unpaired) electrons. The maximum Gasteiger partial charge on any atom is 0.347 e. The van der Waals surface area contributed by atoms with E-state index in [0.717, 1.165) is 17.3 Å². The third-order valence-electron chi connectivity index (χ3n) is 4.67. The van der Waals surface area contributed by atoms with Gasteiger partial charge in [-0.05, 0) is 49.6 Å². The Morgan fingerprint density at radius 1 is 1.11 bits per heavy atom. The van der Waals surface area contributed by atoms with Crippen LogP contribution in [0.5, 0.6) is 5.75 Å². The molecule has 0 heterocycles. The molecule has 1 atom stereocenters. The number of hydrogen-bond donors (Lipinski definition) is 1. The molecule has 0 saturated heterocycles. The minimum atomic E-state index is -0.793. The van der Waals surface area contributed by atoms with Crippen molar-refractivity contribution in [3.63, 3.8) is 0 Å². The molecule has 1 saturated carbocycles. The molecule has 142 valence electrons. The maximum atomic E-state index is 12.0. The highest BCUT2D eigenvalue weighted by Crippen LogP contribution is 2.47. The van der Waals surface area contributed by atoms with Crippen LogP contribution in [0.2, 0.25) is 0 Å². The molecule has 3 rings (SSSR count). The Morgan fingerprint density at radius 2 is 1.78 bits per heavy atom. The minimum Gasteiger partial charge on any atom is -0.479 e. The van der Waals surface area contributed by atoms with E-state index in [9.17, 15) is 9.59 Å². The lowest BCUT2D eigenvalue weighted by atomic mass is 9.96. The fourth-order valence-corrected chi connectivity index (χ4v) is 3.11. The van der Waals surface area contributed by atoms with Crippen molar-refractivity contribution in [3.8, 4) is 5.75 Å². The van der Waals surface area contributed by atoms with Gasteiger partial charge in [-0.15, -0.1) is 0 Å². The van der Waals surface area contributed by atoms with Crippen molar-refractivity contribution in [1.82, 2.24) is 5.32 Å². The van der Waals surface area contributed by atoms with Gasteiger partial charge >= 0.3 is 5.97 Å². The van der Waals surface area contributed by atoms with Crippen molar-refractivity contribution < 1.29 is 19.1 Å². The molecule has 0 spiro atoms. The Hall–Kier alpha value is -2.34. The third kappa shape index (κ3) is 5.32. The van der Waals surface area contributed by atoms with Crippen LogP contribution in [-0.2, 0) is 19.7 Å². The van der Waals surface area contributed by atoms with Crippen molar-refractivity contribution in [2.24, 2.45) is 0 Å². The molecular formula is C21H22BrNO4. The van der Waals surface area contributed by atoms with Crippen molar-refractivity contribution in [3.05, 3.63) is 64.6 Å². The number of halogens is 1. The summed E-state index contributed by atoms with van der Waals surface area (Å²) in [5.74, 6) is -0.315. The van der Waals surface area contributed by atoms with Crippen LogP contribution in [0.25, 0.3) is 0 Å². The predicted octanol–water partition coefficient (Wildman–Crippen LogP) is 3.61. The molecular weight excluding hydrogens is 410 g/mol. The summed E-state index contributed by atoms with van der Waals surface area (Å²) in [4.78, 5) is 24.1. The topological polar surface area (TPSA) is 64.6 Å². The van der Waals surface area contributed by atoms with Crippen LogP contribution >= 0.6 is 15.9 Å². The van der Waals surface area contributed by atoms with Gasteiger partial charge in [-0.2, -0.15) is 0 Å². The lowest BCUT2D eigenvalue weighted by Crippen LogP contribution is -2.36. The predicted molar refractivity (Wildman–Crippen MR) is 106 cm³/mol. The van der Waals surface area contributed by atoms with Crippen LogP contribution in [0, 0.1) is 0 Å². The summed E-state index contributed by atoms with van der Waals surface area (Å²) in [7, 11) is 0. The summed E-state index contributed by atoms with van der Waals surface area (Å²) >= 11 is 3.34. The summed E-state index contributed by atoms with van der Waals surface area (Å²) in [6.07, 6.45) is 1.31. The van der Waals surface area contributed by atoms with Crippen LogP contribution in [0.15, 0.2) is 59.1 Å². The van der Waals surface area contributed by atoms with Gasteiger partial charge in [0.15, 0.2) is 12.7 Å². The standard InChI is InChI=1S/C21H22BrNO4/c1-15(27-18-9-7-17(22)8-10-18)20(25)26-13-19(24)23-14-21(11-12-21)16-5-3-2-4-6-16/h2-10,15H,11-14H2,1H3,(H,23,24). The average Bonchev–Trinajstić information content (AvgIpc) is 3.48. The second-order valence-electron chi connectivity index (χ2n) is 6.74. The molecule has 2 aromatic rings. The van der Waals surface area contributed by atoms with Gasteiger partial charge in [0, 0.05) is 16.4 Å². The van der Waals surface area contributed by atoms with E-state index in [1.54, 1.807) is 19.1 Å². The number of carbonyl (C=O) groups is 2. The summed E-state index contributed by atoms with van der Waals surface area (Å²) in [6.45, 7) is 1.84. The van der Waals surface area contributed by atoms with Gasteiger partial charge < -0.3 is 14.8 Å². The normalized spacial score (nSPS) is 15.5. The summed E-state index contributed by atoms with van der Waals surface area (Å²) in [5.41, 5.74) is 1.26. The molecule has 6 heteroatoms. The number of nitrogens with one attached hydrogen (secondary N) is 1. The van der Waals surface area contributed by atoms with Gasteiger partial charge in [0.2, 0.25) is 0 Å². The zero-order chi connectivity index (χ0) is 19.3. The molecule has 0 bridgehead atoms. The van der Waals surface area contributed by atoms with Crippen LogP contribution in [0.1, 0.15) is 25.3 Å². The van der Waals surface area contributed by atoms with Gasteiger partial charge in [0.05, 0.1) is 0 Å². The lowest BCUT2D eigenvalue weighted by Gasteiger charge is -2.17. The largest absolute Gasteiger partial charge is 0.479 e. The molecule has 1 N–H and O–H groups in total. The van der Waals surface area contributed by atoms with E-state index in [2.05, 4.69) is 33.4 Å². The fraction of sp³-hybridized carbons (Fsp3) is 0.333. The minimum absolute atomic E-state index is 0.0267. The zero-order valence-electron chi connectivity index (χ0n) is 15.1. The third-order valence-corrected chi connectivity index (χ3v) is 5.20. The van der Waals surface area contributed by atoms with Crippen LogP contribution in [0.4, 0.5) is 0 Å². The Bertz CT molecular complexity index is 788. The molecule has 1 aliphatic rings. The first kappa shape index (κ1) is 19.4. The first-order valence-corrected chi connectivity index (χ1v) is 9.69. The van der Waals surface area contributed by atoms with E-state index in [0.29, 0.717) is 12.3 Å². The number of amides is 1. The molecule has 2 aromatic carbocycles. The van der Waals surface area contributed by atoms with E-state index in [-0.39, 0.29) is 17.9 Å². The Balaban J connectivity index is 1.41. The van der Waals surface area contributed by atoms with Crippen LogP contribution in [-0.4, -0.2) is 31.1 Å². The summed E-state index contributed by atoms with van der Waals surface area (Å²) in [5, 5.41) is 2.87. The average molecular weight is 432 g/mol. The number of ether oxygens (including phenoxy) is 2. The Kier molecular flexibility index (Phi) is 6.16. The number of esters is 1. The molecule has 0 aliphatic heterocycles. The van der Waals surface area contributed by atoms with Crippen molar-refractivity contribution in [1.29, 1.82) is 0 Å². The van der Waals surface area contributed by atoms with Gasteiger partial charge in [-0.1, -0.05) is 46.3 Å². The van der Waals surface area contributed by atoms with E-state index in [1.807, 2.05) is 30.3 Å². The second-order valence-corrected chi connectivity index (χ2v) is 7.66. The van der Waals surface area contributed by atoms with Crippen molar-refractivity contribution in [2.75, 3.05) is 13.2 Å². The molecule has 27 heavy (non-hydrogen) atoms. The Labute approximate surface area is 167 Å². The quantitative estimate of drug-likeness (QED) is 0.648. The monoisotopic (exact) mass is 431 g/mol. The molecule has 5 nitrogen and oxygen atoms in total. The number of benzene rings is 2. The molecule has 0 aromatic heterocycles. The van der Waals surface area contributed by atoms with Crippen LogP contribution < -0.4 is 10.1 Å². The van der Waals surface area contributed by atoms with Crippen molar-refractivity contribution >= 4 is 27.8 Å². The second kappa shape index (κ2) is 8.57. The highest BCUT2D eigenvalue weighted by atomic mass is 79.9. The van der Waals surface area contributed by atoms with Gasteiger partial charge in [-0.25, -0.2) is 4.79 Å². The molecule has 1 aliphatic carbocycles. The van der Waals surface area contributed by atoms with E-state index < -0.39 is 12.1 Å². The zero-order valence-corrected chi connectivity index (χ0v) is 16.7. The van der Waals surface area contributed by atoms with Crippen molar-refractivity contribution in [2.45, 2.75) is 31.3 Å². The smallest absolute Gasteiger partial charge is 0.347 e. The van der Waals surface area contributed by atoms with E-state index >= 15 is 0 Å². The highest BCUT2D eigenvalue weighted by Gasteiger charge is 2.44. The first-order chi connectivity index (χ1) is 13.0. The number of carbonyl (C=O) groups excluding carboxylic acids is 2. The molecule has 1 amide bonds. The van der Waals surface area contributed by atoms with E-state index in [4.69, 9.17) is 9.47 Å². The summed E-state index contributed by atoms with van der Waals surface area (Å²) in [6, 6.07) is 17.3. The first-order valence-electron chi connectivity index (χ1n) is 8.90. The van der Waals surface area contributed by atoms with Gasteiger partial charge in [-0.3, -0.25) is 4.79 Å². The molecule has 1 unspecified atom stereocenters. The molecule has 1 fully saturated rings. The highest BCUT2D eigenvalue weighted by molar-refractivity contribution is 9.10. The SMILES string of the molecule is CC(Oc1ccc(Br)cc1)C(=O)OCC(=O)NCC1(c2ccccc2)CC1. The summed E-state index contributed by atoms with van der Waals surface area (Å²) < 4.78 is 11.5. The van der Waals surface area contributed by atoms with Gasteiger partial charge in [0.1, 0.15) is 5.75 Å². The fourth-order valence-electron chi connectivity index (χ4n) is 2.85.